The Labute approximate surface area is 196 Å². The molecule has 0 aliphatic carbocycles. The summed E-state index contributed by atoms with van der Waals surface area (Å²) in [7, 11) is 0. The molecule has 32 heavy (non-hydrogen) atoms. The highest BCUT2D eigenvalue weighted by Crippen LogP contribution is 2.40. The summed E-state index contributed by atoms with van der Waals surface area (Å²) in [4.78, 5) is 16.0. The highest BCUT2D eigenvalue weighted by Gasteiger charge is 2.34. The normalized spacial score (nSPS) is 14.7. The van der Waals surface area contributed by atoms with Crippen LogP contribution >= 0.6 is 12.2 Å². The van der Waals surface area contributed by atoms with Gasteiger partial charge in [-0.25, -0.2) is 0 Å². The molecule has 0 saturated heterocycles. The minimum Gasteiger partial charge on any atom is -0.507 e. The minimum absolute atomic E-state index is 0.218. The number of Topliss-reactive ketones (excluding diaryl/α,β-unsaturated/α-hetero) is 1. The van der Waals surface area contributed by atoms with E-state index in [1.807, 2.05) is 76.8 Å². The molecule has 0 bridgehead atoms. The molecule has 0 fully saturated rings. The van der Waals surface area contributed by atoms with Gasteiger partial charge in [0, 0.05) is 28.1 Å². The molecule has 1 aliphatic rings. The van der Waals surface area contributed by atoms with Crippen molar-refractivity contribution in [1.82, 2.24) is 4.90 Å². The number of hydrogen-bond donors (Lipinski definition) is 1. The van der Waals surface area contributed by atoms with Gasteiger partial charge in [0.1, 0.15) is 17.5 Å². The molecule has 1 heterocycles. The first kappa shape index (κ1) is 23.7. The third kappa shape index (κ3) is 4.61. The Hall–Kier alpha value is -2.97. The maximum Gasteiger partial charge on any atom is 0.197 e. The van der Waals surface area contributed by atoms with Crippen LogP contribution in [0.1, 0.15) is 68.6 Å². The number of thiocarbonyl (C=S) groups is 1. The molecule has 0 aromatic heterocycles. The van der Waals surface area contributed by atoms with Crippen LogP contribution in [0.25, 0.3) is 0 Å². The number of phenolic OH excluding ortho intramolecular Hbond substituents is 1. The standard InChI is InChI=1S/C27H30N2O2S/c1-26(2,3)19-12-18(13-20(25(19)31)27(4,5)6)24(30)23-21(14-28)29(16-22(23)32)15-17-10-8-7-9-11-17/h7-13,31H,15-16H2,1-6H3. The summed E-state index contributed by atoms with van der Waals surface area (Å²) in [5, 5.41) is 20.9. The van der Waals surface area contributed by atoms with Crippen molar-refractivity contribution in [2.75, 3.05) is 6.54 Å². The number of nitrogens with zero attached hydrogens (tertiary/aromatic N) is 2. The number of carbonyl (C=O) groups excluding carboxylic acids is 1. The van der Waals surface area contributed by atoms with E-state index in [1.54, 1.807) is 12.1 Å². The molecule has 0 amide bonds. The quantitative estimate of drug-likeness (QED) is 0.473. The number of aromatic hydroxyl groups is 1. The smallest absolute Gasteiger partial charge is 0.197 e. The molecule has 3 rings (SSSR count). The lowest BCUT2D eigenvalue weighted by molar-refractivity contribution is 0.103. The lowest BCUT2D eigenvalue weighted by Gasteiger charge is -2.28. The molecule has 1 aliphatic heterocycles. The van der Waals surface area contributed by atoms with Gasteiger partial charge in [0.05, 0.1) is 12.1 Å². The van der Waals surface area contributed by atoms with Crippen molar-refractivity contribution < 1.29 is 9.90 Å². The molecule has 166 valence electrons. The molecule has 0 spiro atoms. The Morgan fingerprint density at radius 1 is 1.06 bits per heavy atom. The van der Waals surface area contributed by atoms with Gasteiger partial charge in [-0.1, -0.05) is 84.1 Å². The van der Waals surface area contributed by atoms with E-state index in [1.165, 1.54) is 0 Å². The summed E-state index contributed by atoms with van der Waals surface area (Å²) in [6.07, 6.45) is 0. The number of phenols is 1. The maximum absolute atomic E-state index is 13.7. The lowest BCUT2D eigenvalue weighted by Crippen LogP contribution is -2.20. The van der Waals surface area contributed by atoms with Crippen LogP contribution in [0, 0.1) is 11.3 Å². The first-order valence-corrected chi connectivity index (χ1v) is 11.1. The number of allylic oxidation sites excluding steroid dienone is 1. The second-order valence-corrected chi connectivity index (χ2v) is 10.8. The summed E-state index contributed by atoms with van der Waals surface area (Å²) in [5.41, 5.74) is 2.80. The van der Waals surface area contributed by atoms with E-state index in [9.17, 15) is 15.2 Å². The van der Waals surface area contributed by atoms with Crippen LogP contribution in [0.15, 0.2) is 53.7 Å². The van der Waals surface area contributed by atoms with Gasteiger partial charge in [-0.3, -0.25) is 4.79 Å². The first-order chi connectivity index (χ1) is 14.8. The predicted molar refractivity (Wildman–Crippen MR) is 132 cm³/mol. The van der Waals surface area contributed by atoms with Crippen molar-refractivity contribution in [2.24, 2.45) is 0 Å². The van der Waals surface area contributed by atoms with Gasteiger partial charge in [-0.05, 0) is 28.5 Å². The third-order valence-corrected chi connectivity index (χ3v) is 6.04. The highest BCUT2D eigenvalue weighted by molar-refractivity contribution is 7.81. The Balaban J connectivity index is 2.12. The highest BCUT2D eigenvalue weighted by atomic mass is 32.1. The number of rotatable bonds is 4. The summed E-state index contributed by atoms with van der Waals surface area (Å²) in [6, 6.07) is 15.5. The molecule has 2 aromatic rings. The molecular formula is C27H30N2O2S. The van der Waals surface area contributed by atoms with Crippen LogP contribution in [0.2, 0.25) is 0 Å². The summed E-state index contributed by atoms with van der Waals surface area (Å²) in [5.74, 6) is -0.0474. The van der Waals surface area contributed by atoms with Crippen LogP contribution < -0.4 is 0 Å². The van der Waals surface area contributed by atoms with Gasteiger partial charge in [-0.2, -0.15) is 5.26 Å². The van der Waals surface area contributed by atoms with Crippen LogP contribution in [0.4, 0.5) is 0 Å². The Bertz CT molecular complexity index is 1110. The number of nitriles is 1. The summed E-state index contributed by atoms with van der Waals surface area (Å²) < 4.78 is 0. The van der Waals surface area contributed by atoms with Crippen molar-refractivity contribution in [1.29, 1.82) is 5.26 Å². The molecule has 0 unspecified atom stereocenters. The topological polar surface area (TPSA) is 64.3 Å². The van der Waals surface area contributed by atoms with Crippen molar-refractivity contribution in [3.8, 4) is 11.8 Å². The molecule has 0 atom stereocenters. The minimum atomic E-state index is -0.359. The monoisotopic (exact) mass is 446 g/mol. The summed E-state index contributed by atoms with van der Waals surface area (Å²) in [6.45, 7) is 12.9. The molecule has 5 heteroatoms. The molecule has 0 saturated carbocycles. The van der Waals surface area contributed by atoms with Crippen LogP contribution in [-0.4, -0.2) is 27.2 Å². The van der Waals surface area contributed by atoms with Crippen molar-refractivity contribution in [2.45, 2.75) is 58.9 Å². The van der Waals surface area contributed by atoms with E-state index in [2.05, 4.69) is 6.07 Å². The fourth-order valence-electron chi connectivity index (χ4n) is 3.97. The van der Waals surface area contributed by atoms with E-state index in [0.717, 1.165) is 5.56 Å². The lowest BCUT2D eigenvalue weighted by atomic mass is 9.77. The second kappa shape index (κ2) is 8.52. The molecular weight excluding hydrogens is 416 g/mol. The number of benzene rings is 2. The van der Waals surface area contributed by atoms with E-state index in [0.29, 0.717) is 45.9 Å². The van der Waals surface area contributed by atoms with Gasteiger partial charge in [0.25, 0.3) is 0 Å². The molecule has 1 N–H and O–H groups in total. The van der Waals surface area contributed by atoms with Gasteiger partial charge in [-0.15, -0.1) is 0 Å². The number of carbonyl (C=O) groups is 1. The average Bonchev–Trinajstić information content (AvgIpc) is 3.01. The van der Waals surface area contributed by atoms with Crippen LogP contribution in [-0.2, 0) is 17.4 Å². The van der Waals surface area contributed by atoms with Crippen molar-refractivity contribution >= 4 is 22.9 Å². The SMILES string of the molecule is CC(C)(C)c1cc(C(=O)C2=C(C#N)N(Cc3ccccc3)CC2=S)cc(C(C)(C)C)c1O. The van der Waals surface area contributed by atoms with Gasteiger partial charge < -0.3 is 10.0 Å². The summed E-state index contributed by atoms with van der Waals surface area (Å²) >= 11 is 5.57. The van der Waals surface area contributed by atoms with Crippen LogP contribution in [0.5, 0.6) is 5.75 Å². The fourth-order valence-corrected chi connectivity index (χ4v) is 4.32. The average molecular weight is 447 g/mol. The zero-order valence-electron chi connectivity index (χ0n) is 19.6. The fraction of sp³-hybridized carbons (Fsp3) is 0.370. The van der Waals surface area contributed by atoms with E-state index in [-0.39, 0.29) is 22.4 Å². The van der Waals surface area contributed by atoms with Crippen molar-refractivity contribution in [3.63, 3.8) is 0 Å². The number of hydrogen-bond acceptors (Lipinski definition) is 5. The van der Waals surface area contributed by atoms with E-state index >= 15 is 0 Å². The zero-order chi connectivity index (χ0) is 23.8. The largest absolute Gasteiger partial charge is 0.507 e. The van der Waals surface area contributed by atoms with Gasteiger partial charge in [0.2, 0.25) is 0 Å². The molecule has 2 aromatic carbocycles. The Morgan fingerprint density at radius 3 is 2.06 bits per heavy atom. The van der Waals surface area contributed by atoms with E-state index in [4.69, 9.17) is 12.2 Å². The Kier molecular flexibility index (Phi) is 6.31. The van der Waals surface area contributed by atoms with Gasteiger partial charge >= 0.3 is 0 Å². The van der Waals surface area contributed by atoms with Gasteiger partial charge in [0.15, 0.2) is 5.78 Å². The Morgan fingerprint density at radius 2 is 1.59 bits per heavy atom. The van der Waals surface area contributed by atoms with Crippen LogP contribution in [0.3, 0.4) is 0 Å². The predicted octanol–water partition coefficient (Wildman–Crippen LogP) is 5.83. The first-order valence-electron chi connectivity index (χ1n) is 10.7. The van der Waals surface area contributed by atoms with E-state index < -0.39 is 0 Å². The maximum atomic E-state index is 13.7. The van der Waals surface area contributed by atoms with Crippen molar-refractivity contribution in [3.05, 3.63) is 76.0 Å². The number of ketones is 1. The molecule has 4 nitrogen and oxygen atoms in total. The second-order valence-electron chi connectivity index (χ2n) is 10.3. The zero-order valence-corrected chi connectivity index (χ0v) is 20.4. The molecule has 0 radical (unpaired) electrons. The third-order valence-electron chi connectivity index (χ3n) is 5.70.